The van der Waals surface area contributed by atoms with E-state index in [2.05, 4.69) is 40.8 Å². The fourth-order valence-electron chi connectivity index (χ4n) is 4.98. The van der Waals surface area contributed by atoms with Gasteiger partial charge in [-0.3, -0.25) is 15.3 Å². The molecule has 0 aliphatic rings. The van der Waals surface area contributed by atoms with Gasteiger partial charge in [0.15, 0.2) is 0 Å². The average Bonchev–Trinajstić information content (AvgIpc) is 3.83. The van der Waals surface area contributed by atoms with Gasteiger partial charge in [0.25, 0.3) is 0 Å². The van der Waals surface area contributed by atoms with E-state index >= 15 is 0 Å². The van der Waals surface area contributed by atoms with Gasteiger partial charge in [0.1, 0.15) is 23.0 Å². The zero-order valence-corrected chi connectivity index (χ0v) is 29.8. The summed E-state index contributed by atoms with van der Waals surface area (Å²) in [5, 5.41) is 14.1. The van der Waals surface area contributed by atoms with Crippen LogP contribution in [0.1, 0.15) is 17.0 Å². The SMILES string of the molecule is Nc1ccc(-n2nc(-c3cccnc3)cc2C(F)(F)F)cn1.O=C(NCc1ccc(Cl)cc1Cl)Nc1ccc(-n2nc(-c3cccnc3)cc2C(F)(F)F)cn1. The van der Waals surface area contributed by atoms with Gasteiger partial charge in [-0.2, -0.15) is 36.5 Å². The molecule has 0 saturated carbocycles. The molecular formula is C36H25Cl2F6N11O. The third-order valence-electron chi connectivity index (χ3n) is 7.62. The van der Waals surface area contributed by atoms with Crippen molar-refractivity contribution in [3.05, 3.63) is 143 Å². The Bertz CT molecular complexity index is 2420. The standard InChI is InChI=1S/C22H15Cl2F3N6O.C14H10F3N5/c23-15-4-3-13(17(24)8-15)11-30-21(34)31-20-6-5-16(12-29-20)33-19(22(25,26)27)9-18(32-33)14-2-1-7-28-10-14;15-14(16,17)12-6-11(9-2-1-5-19-7-9)21-22(12)10-3-4-13(18)20-8-10/h1-10,12H,11H2,(H2,29,30,31,34);1-8H,(H2,18,20). The van der Waals surface area contributed by atoms with Crippen LogP contribution < -0.4 is 16.4 Å². The number of aromatic nitrogens is 8. The van der Waals surface area contributed by atoms with Crippen LogP contribution in [0, 0.1) is 0 Å². The second-order valence-corrected chi connectivity index (χ2v) is 12.4. The second kappa shape index (κ2) is 16.5. The molecule has 0 fully saturated rings. The van der Waals surface area contributed by atoms with E-state index in [9.17, 15) is 31.1 Å². The lowest BCUT2D eigenvalue weighted by atomic mass is 10.2. The van der Waals surface area contributed by atoms with Crippen molar-refractivity contribution in [2.75, 3.05) is 11.1 Å². The molecule has 0 unspecified atom stereocenters. The van der Waals surface area contributed by atoms with Crippen LogP contribution in [0.4, 0.5) is 42.8 Å². The number of nitrogens with one attached hydrogen (secondary N) is 2. The van der Waals surface area contributed by atoms with Gasteiger partial charge in [-0.05, 0) is 78.4 Å². The number of alkyl halides is 6. The number of carbonyl (C=O) groups is 1. The summed E-state index contributed by atoms with van der Waals surface area (Å²) in [4.78, 5) is 27.8. The highest BCUT2D eigenvalue weighted by molar-refractivity contribution is 6.35. The predicted molar refractivity (Wildman–Crippen MR) is 196 cm³/mol. The smallest absolute Gasteiger partial charge is 0.384 e. The van der Waals surface area contributed by atoms with Gasteiger partial charge in [-0.15, -0.1) is 0 Å². The molecule has 0 radical (unpaired) electrons. The fraction of sp³-hybridized carbons (Fsp3) is 0.0833. The van der Waals surface area contributed by atoms with Crippen molar-refractivity contribution in [1.29, 1.82) is 0 Å². The Labute approximate surface area is 323 Å². The van der Waals surface area contributed by atoms with Crippen LogP contribution in [-0.4, -0.2) is 45.5 Å². The molecule has 0 bridgehead atoms. The lowest BCUT2D eigenvalue weighted by Crippen LogP contribution is -2.28. The number of pyridine rings is 4. The number of urea groups is 1. The van der Waals surface area contributed by atoms with Crippen molar-refractivity contribution >= 4 is 40.9 Å². The van der Waals surface area contributed by atoms with E-state index in [0.717, 1.165) is 21.5 Å². The highest BCUT2D eigenvalue weighted by Crippen LogP contribution is 2.35. The average molecular weight is 813 g/mol. The Kier molecular flexibility index (Phi) is 11.5. The number of nitrogens with zero attached hydrogens (tertiary/aromatic N) is 8. The van der Waals surface area contributed by atoms with Gasteiger partial charge < -0.3 is 11.1 Å². The molecule has 7 aromatic rings. The van der Waals surface area contributed by atoms with Gasteiger partial charge in [0.05, 0.1) is 35.2 Å². The zero-order valence-electron chi connectivity index (χ0n) is 28.3. The van der Waals surface area contributed by atoms with E-state index < -0.39 is 29.8 Å². The van der Waals surface area contributed by atoms with Gasteiger partial charge >= 0.3 is 18.4 Å². The minimum Gasteiger partial charge on any atom is -0.384 e. The number of halogens is 8. The van der Waals surface area contributed by atoms with Gasteiger partial charge in [0.2, 0.25) is 0 Å². The quantitative estimate of drug-likeness (QED) is 0.135. The number of nitrogens with two attached hydrogens (primary N) is 1. The molecule has 0 saturated heterocycles. The molecule has 4 N–H and O–H groups in total. The Balaban J connectivity index is 0.000000208. The van der Waals surface area contributed by atoms with Crippen molar-refractivity contribution in [3.63, 3.8) is 0 Å². The molecule has 12 nitrogen and oxygen atoms in total. The van der Waals surface area contributed by atoms with E-state index in [4.69, 9.17) is 28.9 Å². The van der Waals surface area contributed by atoms with E-state index in [1.165, 1.54) is 61.4 Å². The van der Waals surface area contributed by atoms with Crippen molar-refractivity contribution in [3.8, 4) is 33.9 Å². The minimum absolute atomic E-state index is 0.0707. The van der Waals surface area contributed by atoms with E-state index in [-0.39, 0.29) is 40.9 Å². The zero-order chi connectivity index (χ0) is 40.0. The highest BCUT2D eigenvalue weighted by atomic mass is 35.5. The van der Waals surface area contributed by atoms with Crippen molar-refractivity contribution in [2.24, 2.45) is 0 Å². The molecule has 7 rings (SSSR count). The molecule has 56 heavy (non-hydrogen) atoms. The topological polar surface area (TPSA) is 154 Å². The fourth-order valence-corrected chi connectivity index (χ4v) is 5.45. The van der Waals surface area contributed by atoms with Gasteiger partial charge in [-0.25, -0.2) is 24.1 Å². The molecule has 0 aliphatic carbocycles. The molecule has 2 amide bonds. The first-order valence-electron chi connectivity index (χ1n) is 16.0. The van der Waals surface area contributed by atoms with Gasteiger partial charge in [-0.1, -0.05) is 29.3 Å². The number of anilines is 2. The molecule has 20 heteroatoms. The number of hydrogen-bond acceptors (Lipinski definition) is 8. The summed E-state index contributed by atoms with van der Waals surface area (Å²) in [6.45, 7) is 0.138. The summed E-state index contributed by atoms with van der Waals surface area (Å²) < 4.78 is 82.0. The normalized spacial score (nSPS) is 11.4. The largest absolute Gasteiger partial charge is 0.433 e. The maximum Gasteiger partial charge on any atom is 0.433 e. The highest BCUT2D eigenvalue weighted by Gasteiger charge is 2.37. The lowest BCUT2D eigenvalue weighted by molar-refractivity contribution is -0.143. The summed E-state index contributed by atoms with van der Waals surface area (Å²) in [7, 11) is 0. The maximum atomic E-state index is 13.6. The predicted octanol–water partition coefficient (Wildman–Crippen LogP) is 8.91. The Hall–Kier alpha value is -6.53. The monoisotopic (exact) mass is 811 g/mol. The first-order valence-corrected chi connectivity index (χ1v) is 16.7. The Morgan fingerprint density at radius 2 is 1.25 bits per heavy atom. The summed E-state index contributed by atoms with van der Waals surface area (Å²) >= 11 is 11.9. The number of carbonyl (C=O) groups excluding carboxylic acids is 1. The Morgan fingerprint density at radius 3 is 1.70 bits per heavy atom. The molecule has 0 spiro atoms. The second-order valence-electron chi connectivity index (χ2n) is 11.5. The summed E-state index contributed by atoms with van der Waals surface area (Å²) in [5.41, 5.74) is 5.73. The summed E-state index contributed by atoms with van der Waals surface area (Å²) in [6.07, 6.45) is -0.842. The third-order valence-corrected chi connectivity index (χ3v) is 8.21. The number of amides is 2. The van der Waals surface area contributed by atoms with E-state index in [1.54, 1.807) is 42.5 Å². The van der Waals surface area contributed by atoms with Crippen LogP contribution in [0.15, 0.2) is 116 Å². The van der Waals surface area contributed by atoms with Crippen LogP contribution in [0.5, 0.6) is 0 Å². The molecule has 1 aromatic carbocycles. The third kappa shape index (κ3) is 9.57. The summed E-state index contributed by atoms with van der Waals surface area (Å²) in [5.74, 6) is 0.355. The van der Waals surface area contributed by atoms with Crippen LogP contribution in [0.25, 0.3) is 33.9 Å². The van der Waals surface area contributed by atoms with Crippen LogP contribution >= 0.6 is 23.2 Å². The molecule has 286 valence electrons. The maximum absolute atomic E-state index is 13.6. The molecule has 6 aromatic heterocycles. The van der Waals surface area contributed by atoms with Crippen molar-refractivity contribution < 1.29 is 31.1 Å². The number of rotatable bonds is 7. The van der Waals surface area contributed by atoms with Gasteiger partial charge in [0, 0.05) is 52.5 Å². The minimum atomic E-state index is -4.65. The van der Waals surface area contributed by atoms with Crippen LogP contribution in [-0.2, 0) is 18.9 Å². The van der Waals surface area contributed by atoms with E-state index in [1.807, 2.05) is 0 Å². The van der Waals surface area contributed by atoms with Crippen molar-refractivity contribution in [2.45, 2.75) is 18.9 Å². The lowest BCUT2D eigenvalue weighted by Gasteiger charge is -2.11. The first kappa shape index (κ1) is 39.2. The molecule has 0 aliphatic heterocycles. The van der Waals surface area contributed by atoms with Crippen LogP contribution in [0.3, 0.4) is 0 Å². The van der Waals surface area contributed by atoms with E-state index in [0.29, 0.717) is 26.7 Å². The number of nitrogen functional groups attached to an aromatic ring is 1. The first-order chi connectivity index (χ1) is 26.7. The van der Waals surface area contributed by atoms with Crippen molar-refractivity contribution in [1.82, 2.24) is 44.8 Å². The molecule has 6 heterocycles. The molecule has 0 atom stereocenters. The Morgan fingerprint density at radius 1 is 0.696 bits per heavy atom. The number of benzene rings is 1. The summed E-state index contributed by atoms with van der Waals surface area (Å²) in [6, 6.07) is 18.3. The molecular weight excluding hydrogens is 787 g/mol. The number of hydrogen-bond donors (Lipinski definition) is 3. The van der Waals surface area contributed by atoms with Crippen LogP contribution in [0.2, 0.25) is 10.0 Å².